The minimum Gasteiger partial charge on any atom is -0.450 e. The number of rotatable bonds is 3. The van der Waals surface area contributed by atoms with E-state index in [1.807, 2.05) is 36.4 Å². The van der Waals surface area contributed by atoms with Crippen molar-refractivity contribution in [1.29, 1.82) is 0 Å². The number of benzene rings is 1. The van der Waals surface area contributed by atoms with Gasteiger partial charge < -0.3 is 10.1 Å². The third-order valence-corrected chi connectivity index (χ3v) is 3.76. The zero-order chi connectivity index (χ0) is 13.7. The number of carbonyl (C=O) groups is 2. The summed E-state index contributed by atoms with van der Waals surface area (Å²) in [7, 11) is 0. The Bertz CT molecular complexity index is 499. The fourth-order valence-corrected chi connectivity index (χ4v) is 2.81. The summed E-state index contributed by atoms with van der Waals surface area (Å²) in [4.78, 5) is 24.1. The van der Waals surface area contributed by atoms with E-state index in [2.05, 4.69) is 5.32 Å². The number of carbonyl (C=O) groups excluding carboxylic acids is 2. The maximum Gasteiger partial charge on any atom is 0.407 e. The van der Waals surface area contributed by atoms with Crippen LogP contribution >= 0.6 is 11.8 Å². The van der Waals surface area contributed by atoms with Crippen LogP contribution < -0.4 is 5.32 Å². The Morgan fingerprint density at radius 3 is 2.89 bits per heavy atom. The first-order chi connectivity index (χ1) is 9.20. The maximum absolute atomic E-state index is 12.1. The molecular weight excluding hydrogens is 262 g/mol. The molecule has 0 aromatic heterocycles. The van der Waals surface area contributed by atoms with E-state index < -0.39 is 12.1 Å². The Kier molecular flexibility index (Phi) is 4.63. The molecule has 1 fully saturated rings. The van der Waals surface area contributed by atoms with Crippen LogP contribution in [0.2, 0.25) is 0 Å². The first-order valence-corrected chi connectivity index (χ1v) is 7.06. The Balaban J connectivity index is 2.02. The van der Waals surface area contributed by atoms with Gasteiger partial charge in [0.05, 0.1) is 11.5 Å². The highest BCUT2D eigenvalue weighted by atomic mass is 32.2. The Morgan fingerprint density at radius 1 is 1.47 bits per heavy atom. The molecule has 1 heterocycles. The molecule has 0 unspecified atom stereocenters. The summed E-state index contributed by atoms with van der Waals surface area (Å²) < 4.78 is 4.77. The second-order valence-corrected chi connectivity index (χ2v) is 5.07. The number of hydrogen-bond donors (Lipinski definition) is 1. The fraction of sp³-hybridized carbons (Fsp3) is 0.286. The number of ether oxygens (including phenoxy) is 1. The summed E-state index contributed by atoms with van der Waals surface area (Å²) in [6.07, 6.45) is 1.31. The van der Waals surface area contributed by atoms with Gasteiger partial charge in [-0.05, 0) is 18.6 Å². The van der Waals surface area contributed by atoms with Crippen LogP contribution in [-0.4, -0.2) is 30.3 Å². The molecule has 1 aliphatic rings. The number of amides is 1. The van der Waals surface area contributed by atoms with Crippen LogP contribution in [0.3, 0.4) is 0 Å². The van der Waals surface area contributed by atoms with E-state index in [4.69, 9.17) is 4.74 Å². The highest BCUT2D eigenvalue weighted by Gasteiger charge is 2.31. The van der Waals surface area contributed by atoms with Crippen molar-refractivity contribution in [3.63, 3.8) is 0 Å². The Hall–Kier alpha value is -1.75. The smallest absolute Gasteiger partial charge is 0.407 e. The topological polar surface area (TPSA) is 55.4 Å². The Labute approximate surface area is 116 Å². The van der Waals surface area contributed by atoms with Crippen molar-refractivity contribution in [3.05, 3.63) is 40.8 Å². The molecule has 1 aromatic rings. The third-order valence-electron chi connectivity index (χ3n) is 2.63. The van der Waals surface area contributed by atoms with Gasteiger partial charge >= 0.3 is 6.09 Å². The van der Waals surface area contributed by atoms with Crippen molar-refractivity contribution in [2.45, 2.75) is 13.0 Å². The fourth-order valence-electron chi connectivity index (χ4n) is 1.73. The van der Waals surface area contributed by atoms with E-state index in [9.17, 15) is 9.59 Å². The van der Waals surface area contributed by atoms with Gasteiger partial charge in [0, 0.05) is 5.75 Å². The molecule has 0 saturated carbocycles. The van der Waals surface area contributed by atoms with Crippen LogP contribution in [0.1, 0.15) is 12.5 Å². The van der Waals surface area contributed by atoms with Crippen LogP contribution in [0.25, 0.3) is 6.08 Å². The number of Topliss-reactive ketones (excluding diaryl/α,β-unsaturated/α-hetero) is 1. The molecule has 1 atom stereocenters. The molecule has 100 valence electrons. The molecule has 0 spiro atoms. The summed E-state index contributed by atoms with van der Waals surface area (Å²) in [5, 5.41) is 2.57. The monoisotopic (exact) mass is 277 g/mol. The Morgan fingerprint density at radius 2 is 2.21 bits per heavy atom. The molecule has 1 aliphatic heterocycles. The van der Waals surface area contributed by atoms with Gasteiger partial charge in [0.15, 0.2) is 5.78 Å². The second-order valence-electron chi connectivity index (χ2n) is 4.01. The van der Waals surface area contributed by atoms with E-state index in [1.54, 1.807) is 6.92 Å². The van der Waals surface area contributed by atoms with Crippen molar-refractivity contribution in [3.8, 4) is 0 Å². The number of alkyl carbamates (subject to hydrolysis) is 1. The number of hydrogen-bond acceptors (Lipinski definition) is 4. The average Bonchev–Trinajstić information content (AvgIpc) is 2.73. The maximum atomic E-state index is 12.1. The van der Waals surface area contributed by atoms with E-state index in [0.29, 0.717) is 17.3 Å². The SMILES string of the molecule is CCOC(=O)N[C@H]1CS/C(=C/c2ccccc2)C1=O. The van der Waals surface area contributed by atoms with Gasteiger partial charge in [0.1, 0.15) is 6.04 Å². The lowest BCUT2D eigenvalue weighted by atomic mass is 10.1. The molecule has 0 radical (unpaired) electrons. The van der Waals surface area contributed by atoms with Gasteiger partial charge in [-0.25, -0.2) is 4.79 Å². The molecule has 4 nitrogen and oxygen atoms in total. The van der Waals surface area contributed by atoms with Crippen molar-refractivity contribution < 1.29 is 14.3 Å². The van der Waals surface area contributed by atoms with Crippen LogP contribution in [-0.2, 0) is 9.53 Å². The summed E-state index contributed by atoms with van der Waals surface area (Å²) in [5.41, 5.74) is 0.982. The van der Waals surface area contributed by atoms with Crippen molar-refractivity contribution in [1.82, 2.24) is 5.32 Å². The zero-order valence-electron chi connectivity index (χ0n) is 10.6. The van der Waals surface area contributed by atoms with E-state index >= 15 is 0 Å². The molecule has 0 aliphatic carbocycles. The van der Waals surface area contributed by atoms with E-state index in [1.165, 1.54) is 11.8 Å². The molecule has 1 N–H and O–H groups in total. The van der Waals surface area contributed by atoms with Crippen LogP contribution in [0.5, 0.6) is 0 Å². The van der Waals surface area contributed by atoms with Crippen LogP contribution in [0.4, 0.5) is 4.79 Å². The van der Waals surface area contributed by atoms with Crippen molar-refractivity contribution in [2.75, 3.05) is 12.4 Å². The lowest BCUT2D eigenvalue weighted by Crippen LogP contribution is -2.40. The van der Waals surface area contributed by atoms with Crippen LogP contribution in [0, 0.1) is 0 Å². The molecule has 19 heavy (non-hydrogen) atoms. The standard InChI is InChI=1S/C14H15NO3S/c1-2-18-14(17)15-11-9-19-12(13(11)16)8-10-6-4-3-5-7-10/h3-8,11H,2,9H2,1H3,(H,15,17)/b12-8+/t11-/m0/s1. The van der Waals surface area contributed by atoms with Crippen LogP contribution in [0.15, 0.2) is 35.2 Å². The normalized spacial score (nSPS) is 20.6. The predicted molar refractivity (Wildman–Crippen MR) is 75.8 cm³/mol. The first kappa shape index (κ1) is 13.7. The second kappa shape index (κ2) is 6.43. The van der Waals surface area contributed by atoms with Crippen molar-refractivity contribution >= 4 is 29.7 Å². The number of ketones is 1. The molecular formula is C14H15NO3S. The molecule has 2 rings (SSSR count). The van der Waals surface area contributed by atoms with Gasteiger partial charge in [-0.3, -0.25) is 4.79 Å². The van der Waals surface area contributed by atoms with E-state index in [-0.39, 0.29) is 5.78 Å². The average molecular weight is 277 g/mol. The van der Waals surface area contributed by atoms with Gasteiger partial charge in [0.2, 0.25) is 0 Å². The van der Waals surface area contributed by atoms with Gasteiger partial charge in [-0.15, -0.1) is 11.8 Å². The largest absolute Gasteiger partial charge is 0.450 e. The van der Waals surface area contributed by atoms with Gasteiger partial charge in [-0.2, -0.15) is 0 Å². The minimum absolute atomic E-state index is 0.0538. The number of nitrogens with one attached hydrogen (secondary N) is 1. The molecule has 0 bridgehead atoms. The number of thioether (sulfide) groups is 1. The highest BCUT2D eigenvalue weighted by Crippen LogP contribution is 2.29. The van der Waals surface area contributed by atoms with Crippen molar-refractivity contribution in [2.24, 2.45) is 0 Å². The first-order valence-electron chi connectivity index (χ1n) is 6.07. The summed E-state index contributed by atoms with van der Waals surface area (Å²) in [6.45, 7) is 2.03. The lowest BCUT2D eigenvalue weighted by Gasteiger charge is -2.09. The predicted octanol–water partition coefficient (Wildman–Crippen LogP) is 2.46. The summed E-state index contributed by atoms with van der Waals surface area (Å²) in [6, 6.07) is 9.16. The molecule has 1 saturated heterocycles. The summed E-state index contributed by atoms with van der Waals surface area (Å²) in [5.74, 6) is 0.498. The lowest BCUT2D eigenvalue weighted by molar-refractivity contribution is -0.115. The molecule has 1 amide bonds. The summed E-state index contributed by atoms with van der Waals surface area (Å²) >= 11 is 1.45. The minimum atomic E-state index is -0.539. The van der Waals surface area contributed by atoms with Gasteiger partial charge in [-0.1, -0.05) is 30.3 Å². The van der Waals surface area contributed by atoms with Gasteiger partial charge in [0.25, 0.3) is 0 Å². The molecule has 5 heteroatoms. The quantitative estimate of drug-likeness (QED) is 0.862. The third kappa shape index (κ3) is 3.61. The highest BCUT2D eigenvalue weighted by molar-refractivity contribution is 8.04. The van der Waals surface area contributed by atoms with E-state index in [0.717, 1.165) is 5.56 Å². The molecule has 1 aromatic carbocycles. The zero-order valence-corrected chi connectivity index (χ0v) is 11.4.